The molecule has 132 valence electrons. The Bertz CT molecular complexity index is 595. The molecule has 2 aliphatic rings. The molecule has 3 rings (SSSR count). The van der Waals surface area contributed by atoms with Gasteiger partial charge in [-0.2, -0.15) is 0 Å². The summed E-state index contributed by atoms with van der Waals surface area (Å²) in [6, 6.07) is 3.61. The molecular formula is C16H21BrN2O4S. The molecule has 1 aromatic heterocycles. The van der Waals surface area contributed by atoms with Crippen molar-refractivity contribution < 1.29 is 19.1 Å². The summed E-state index contributed by atoms with van der Waals surface area (Å²) in [4.78, 5) is 28.7. The molecule has 0 bridgehead atoms. The van der Waals surface area contributed by atoms with E-state index in [0.29, 0.717) is 37.1 Å². The molecule has 0 atom stereocenters. The first kappa shape index (κ1) is 17.8. The Morgan fingerprint density at radius 1 is 1.29 bits per heavy atom. The zero-order valence-electron chi connectivity index (χ0n) is 13.6. The minimum Gasteiger partial charge on any atom is -0.350 e. The molecule has 0 aromatic carbocycles. The van der Waals surface area contributed by atoms with Crippen LogP contribution in [0.3, 0.4) is 0 Å². The molecule has 0 spiro atoms. The van der Waals surface area contributed by atoms with Crippen LogP contribution in [0.15, 0.2) is 15.9 Å². The predicted molar refractivity (Wildman–Crippen MR) is 94.0 cm³/mol. The van der Waals surface area contributed by atoms with Gasteiger partial charge in [0, 0.05) is 26.1 Å². The molecule has 3 heterocycles. The number of carbonyl (C=O) groups excluding carboxylic acids is 2. The fraction of sp³-hybridized carbons (Fsp3) is 0.625. The summed E-state index contributed by atoms with van der Waals surface area (Å²) in [5, 5.41) is 0. The maximum absolute atomic E-state index is 12.4. The highest BCUT2D eigenvalue weighted by Crippen LogP contribution is 2.26. The standard InChI is InChI=1S/C16H21BrN2O4S/c1-18(15(21)12-2-3-13(17)24-12)10-14(20)19-6-4-11(5-7-19)16-22-8-9-23-16/h2-3,11,16H,4-10H2,1H3. The Morgan fingerprint density at radius 2 is 1.96 bits per heavy atom. The minimum atomic E-state index is -0.123. The second kappa shape index (κ2) is 7.95. The van der Waals surface area contributed by atoms with E-state index < -0.39 is 0 Å². The third-order valence-corrected chi connectivity index (χ3v) is 6.04. The summed E-state index contributed by atoms with van der Waals surface area (Å²) in [7, 11) is 1.67. The smallest absolute Gasteiger partial charge is 0.264 e. The van der Waals surface area contributed by atoms with Gasteiger partial charge in [0.1, 0.15) is 0 Å². The van der Waals surface area contributed by atoms with Crippen molar-refractivity contribution in [3.05, 3.63) is 20.8 Å². The molecule has 2 saturated heterocycles. The third-order valence-electron chi connectivity index (χ3n) is 4.43. The predicted octanol–water partition coefficient (Wildman–Crippen LogP) is 2.19. The highest BCUT2D eigenvalue weighted by atomic mass is 79.9. The van der Waals surface area contributed by atoms with Crippen LogP contribution in [0.1, 0.15) is 22.5 Å². The van der Waals surface area contributed by atoms with Crippen LogP contribution in [0.25, 0.3) is 0 Å². The average Bonchev–Trinajstić information content (AvgIpc) is 3.25. The van der Waals surface area contributed by atoms with E-state index >= 15 is 0 Å². The van der Waals surface area contributed by atoms with Crippen molar-refractivity contribution >= 4 is 39.1 Å². The van der Waals surface area contributed by atoms with Gasteiger partial charge in [0.15, 0.2) is 6.29 Å². The Kier molecular flexibility index (Phi) is 5.91. The Hall–Kier alpha value is -0.960. The Labute approximate surface area is 153 Å². The summed E-state index contributed by atoms with van der Waals surface area (Å²) in [6.45, 7) is 2.82. The van der Waals surface area contributed by atoms with Crippen molar-refractivity contribution in [1.29, 1.82) is 0 Å². The number of likely N-dealkylation sites (tertiary alicyclic amines) is 1. The molecule has 0 unspecified atom stereocenters. The lowest BCUT2D eigenvalue weighted by atomic mass is 9.96. The van der Waals surface area contributed by atoms with Crippen molar-refractivity contribution in [2.45, 2.75) is 19.1 Å². The monoisotopic (exact) mass is 416 g/mol. The molecule has 2 fully saturated rings. The number of hydrogen-bond donors (Lipinski definition) is 0. The second-order valence-electron chi connectivity index (χ2n) is 6.09. The summed E-state index contributed by atoms with van der Waals surface area (Å²) in [5.74, 6) is 0.231. The van der Waals surface area contributed by atoms with Crippen molar-refractivity contribution in [2.24, 2.45) is 5.92 Å². The van der Waals surface area contributed by atoms with Gasteiger partial charge >= 0.3 is 0 Å². The minimum absolute atomic E-state index is 0.00631. The van der Waals surface area contributed by atoms with E-state index in [1.807, 2.05) is 11.0 Å². The summed E-state index contributed by atoms with van der Waals surface area (Å²) in [6.07, 6.45) is 1.65. The maximum atomic E-state index is 12.4. The van der Waals surface area contributed by atoms with Gasteiger partial charge in [-0.25, -0.2) is 0 Å². The number of hydrogen-bond acceptors (Lipinski definition) is 5. The first-order chi connectivity index (χ1) is 11.5. The number of piperidine rings is 1. The zero-order chi connectivity index (χ0) is 17.1. The molecule has 0 N–H and O–H groups in total. The quantitative estimate of drug-likeness (QED) is 0.754. The SMILES string of the molecule is CN(CC(=O)N1CCC(C2OCCO2)CC1)C(=O)c1ccc(Br)s1. The van der Waals surface area contributed by atoms with Crippen molar-refractivity contribution in [1.82, 2.24) is 9.80 Å². The van der Waals surface area contributed by atoms with Crippen LogP contribution in [0.2, 0.25) is 0 Å². The number of nitrogens with zero attached hydrogens (tertiary/aromatic N) is 2. The van der Waals surface area contributed by atoms with Gasteiger partial charge in [-0.15, -0.1) is 11.3 Å². The number of ether oxygens (including phenoxy) is 2. The van der Waals surface area contributed by atoms with E-state index in [1.165, 1.54) is 16.2 Å². The van der Waals surface area contributed by atoms with Gasteiger partial charge in [0.25, 0.3) is 5.91 Å². The maximum Gasteiger partial charge on any atom is 0.264 e. The lowest BCUT2D eigenvalue weighted by Gasteiger charge is -2.34. The number of carbonyl (C=O) groups is 2. The van der Waals surface area contributed by atoms with Crippen LogP contribution in [-0.2, 0) is 14.3 Å². The molecule has 2 aliphatic heterocycles. The molecule has 6 nitrogen and oxygen atoms in total. The van der Waals surface area contributed by atoms with Crippen LogP contribution < -0.4 is 0 Å². The highest BCUT2D eigenvalue weighted by Gasteiger charge is 2.32. The first-order valence-corrected chi connectivity index (χ1v) is 9.67. The molecular weight excluding hydrogens is 396 g/mol. The van der Waals surface area contributed by atoms with Gasteiger partial charge in [0.05, 0.1) is 28.4 Å². The largest absolute Gasteiger partial charge is 0.350 e. The van der Waals surface area contributed by atoms with Crippen LogP contribution in [0.5, 0.6) is 0 Å². The summed E-state index contributed by atoms with van der Waals surface area (Å²) < 4.78 is 12.0. The van der Waals surface area contributed by atoms with Gasteiger partial charge in [0.2, 0.25) is 5.91 Å². The molecule has 1 aromatic rings. The van der Waals surface area contributed by atoms with Gasteiger partial charge < -0.3 is 19.3 Å². The number of thiophene rings is 1. The Balaban J connectivity index is 1.47. The average molecular weight is 417 g/mol. The van der Waals surface area contributed by atoms with Crippen LogP contribution >= 0.6 is 27.3 Å². The fourth-order valence-corrected chi connectivity index (χ4v) is 4.44. The van der Waals surface area contributed by atoms with E-state index in [1.54, 1.807) is 13.1 Å². The van der Waals surface area contributed by atoms with E-state index in [0.717, 1.165) is 16.6 Å². The summed E-state index contributed by atoms with van der Waals surface area (Å²) >= 11 is 4.72. The number of halogens is 1. The zero-order valence-corrected chi connectivity index (χ0v) is 16.0. The third kappa shape index (κ3) is 4.17. The van der Waals surface area contributed by atoms with E-state index in [2.05, 4.69) is 15.9 Å². The van der Waals surface area contributed by atoms with E-state index in [-0.39, 0.29) is 24.6 Å². The molecule has 8 heteroatoms. The molecule has 24 heavy (non-hydrogen) atoms. The van der Waals surface area contributed by atoms with E-state index in [4.69, 9.17) is 9.47 Å². The molecule has 0 aliphatic carbocycles. The molecule has 0 saturated carbocycles. The topological polar surface area (TPSA) is 59.1 Å². The van der Waals surface area contributed by atoms with Crippen molar-refractivity contribution in [3.63, 3.8) is 0 Å². The second-order valence-corrected chi connectivity index (χ2v) is 8.56. The van der Waals surface area contributed by atoms with Crippen molar-refractivity contribution in [2.75, 3.05) is 39.9 Å². The Morgan fingerprint density at radius 3 is 2.54 bits per heavy atom. The molecule has 2 amide bonds. The van der Waals surface area contributed by atoms with Gasteiger partial charge in [-0.3, -0.25) is 9.59 Å². The summed E-state index contributed by atoms with van der Waals surface area (Å²) in [5.41, 5.74) is 0. The van der Waals surface area contributed by atoms with Gasteiger partial charge in [-0.05, 0) is 40.9 Å². The van der Waals surface area contributed by atoms with Crippen LogP contribution in [-0.4, -0.2) is 67.8 Å². The lowest BCUT2D eigenvalue weighted by Crippen LogP contribution is -2.46. The van der Waals surface area contributed by atoms with Crippen LogP contribution in [0, 0.1) is 5.92 Å². The highest BCUT2D eigenvalue weighted by molar-refractivity contribution is 9.11. The van der Waals surface area contributed by atoms with E-state index in [9.17, 15) is 9.59 Å². The fourth-order valence-electron chi connectivity index (χ4n) is 3.06. The lowest BCUT2D eigenvalue weighted by molar-refractivity contribution is -0.137. The first-order valence-electron chi connectivity index (χ1n) is 8.06. The normalized spacial score (nSPS) is 19.7. The van der Waals surface area contributed by atoms with Crippen molar-refractivity contribution in [3.8, 4) is 0 Å². The number of rotatable bonds is 4. The number of likely N-dealkylation sites (N-methyl/N-ethyl adjacent to an activating group) is 1. The van der Waals surface area contributed by atoms with Crippen LogP contribution in [0.4, 0.5) is 0 Å². The van der Waals surface area contributed by atoms with Gasteiger partial charge in [-0.1, -0.05) is 0 Å². The molecule has 0 radical (unpaired) electrons. The number of amides is 2.